The van der Waals surface area contributed by atoms with E-state index >= 15 is 0 Å². The SMILES string of the molecule is CNCCNC(=O)C1CC1c1ccc(OCc2ccccc2)cc1.Cl. The lowest BCUT2D eigenvalue weighted by atomic mass is 10.1. The highest BCUT2D eigenvalue weighted by molar-refractivity contribution is 5.85. The van der Waals surface area contributed by atoms with Crippen molar-refractivity contribution >= 4 is 18.3 Å². The van der Waals surface area contributed by atoms with Gasteiger partial charge in [-0.25, -0.2) is 0 Å². The van der Waals surface area contributed by atoms with E-state index in [4.69, 9.17) is 4.74 Å². The Hall–Kier alpha value is -2.04. The van der Waals surface area contributed by atoms with Gasteiger partial charge in [-0.1, -0.05) is 42.5 Å². The molecule has 1 aliphatic rings. The van der Waals surface area contributed by atoms with Crippen LogP contribution in [-0.2, 0) is 11.4 Å². The number of halogens is 1. The van der Waals surface area contributed by atoms with Crippen LogP contribution in [0.4, 0.5) is 0 Å². The predicted molar refractivity (Wildman–Crippen MR) is 102 cm³/mol. The minimum atomic E-state index is 0. The maximum atomic E-state index is 12.0. The average Bonchev–Trinajstić information content (AvgIpc) is 3.42. The number of hydrogen-bond acceptors (Lipinski definition) is 3. The van der Waals surface area contributed by atoms with Gasteiger partial charge in [0.25, 0.3) is 0 Å². The first kappa shape index (κ1) is 19.3. The third-order valence-corrected chi connectivity index (χ3v) is 4.36. The van der Waals surface area contributed by atoms with E-state index in [-0.39, 0.29) is 24.2 Å². The molecule has 1 fully saturated rings. The zero-order valence-corrected chi connectivity index (χ0v) is 15.2. The van der Waals surface area contributed by atoms with Crippen LogP contribution >= 0.6 is 12.4 Å². The van der Waals surface area contributed by atoms with Crippen LogP contribution < -0.4 is 15.4 Å². The third-order valence-electron chi connectivity index (χ3n) is 4.36. The smallest absolute Gasteiger partial charge is 0.223 e. The summed E-state index contributed by atoms with van der Waals surface area (Å²) in [5.74, 6) is 1.50. The predicted octanol–water partition coefficient (Wildman–Crippen LogP) is 3.13. The summed E-state index contributed by atoms with van der Waals surface area (Å²) < 4.78 is 5.80. The molecule has 2 unspecified atom stereocenters. The lowest BCUT2D eigenvalue weighted by molar-refractivity contribution is -0.122. The summed E-state index contributed by atoms with van der Waals surface area (Å²) >= 11 is 0. The number of amides is 1. The largest absolute Gasteiger partial charge is 0.489 e. The van der Waals surface area contributed by atoms with Crippen LogP contribution in [-0.4, -0.2) is 26.0 Å². The van der Waals surface area contributed by atoms with Gasteiger partial charge in [0.2, 0.25) is 5.91 Å². The highest BCUT2D eigenvalue weighted by atomic mass is 35.5. The second-order valence-corrected chi connectivity index (χ2v) is 6.19. The summed E-state index contributed by atoms with van der Waals surface area (Å²) in [7, 11) is 1.88. The molecule has 0 bridgehead atoms. The van der Waals surface area contributed by atoms with Crippen LogP contribution in [0.25, 0.3) is 0 Å². The zero-order valence-electron chi connectivity index (χ0n) is 14.4. The number of ether oxygens (including phenoxy) is 1. The van der Waals surface area contributed by atoms with Crippen molar-refractivity contribution < 1.29 is 9.53 Å². The summed E-state index contributed by atoms with van der Waals surface area (Å²) in [5.41, 5.74) is 2.37. The fourth-order valence-electron chi connectivity index (χ4n) is 2.85. The van der Waals surface area contributed by atoms with Gasteiger partial charge in [-0.2, -0.15) is 0 Å². The molecular formula is C20H25ClN2O2. The molecule has 0 aliphatic heterocycles. The first-order valence-corrected chi connectivity index (χ1v) is 8.47. The minimum absolute atomic E-state index is 0. The van der Waals surface area contributed by atoms with E-state index in [1.807, 2.05) is 37.4 Å². The van der Waals surface area contributed by atoms with Gasteiger partial charge in [0.15, 0.2) is 0 Å². The van der Waals surface area contributed by atoms with Gasteiger partial charge in [-0.05, 0) is 42.6 Å². The highest BCUT2D eigenvalue weighted by Crippen LogP contribution is 2.47. The molecule has 3 rings (SSSR count). The normalized spacial score (nSPS) is 18.1. The molecule has 1 amide bonds. The minimum Gasteiger partial charge on any atom is -0.489 e. The molecule has 0 heterocycles. The molecule has 2 N–H and O–H groups in total. The van der Waals surface area contributed by atoms with Gasteiger partial charge in [0.05, 0.1) is 0 Å². The number of rotatable bonds is 8. The van der Waals surface area contributed by atoms with Crippen molar-refractivity contribution in [2.75, 3.05) is 20.1 Å². The van der Waals surface area contributed by atoms with Crippen molar-refractivity contribution in [3.05, 3.63) is 65.7 Å². The van der Waals surface area contributed by atoms with E-state index in [2.05, 4.69) is 34.9 Å². The van der Waals surface area contributed by atoms with Gasteiger partial charge >= 0.3 is 0 Å². The van der Waals surface area contributed by atoms with E-state index in [1.54, 1.807) is 0 Å². The first-order chi connectivity index (χ1) is 11.8. The number of nitrogens with one attached hydrogen (secondary N) is 2. The maximum Gasteiger partial charge on any atom is 0.223 e. The van der Waals surface area contributed by atoms with Gasteiger partial charge in [-0.3, -0.25) is 4.79 Å². The standard InChI is InChI=1S/C20H24N2O2.ClH/c1-21-11-12-22-20(23)19-13-18(19)16-7-9-17(10-8-16)24-14-15-5-3-2-4-6-15;/h2-10,18-19,21H,11-14H2,1H3,(H,22,23);1H. The lowest BCUT2D eigenvalue weighted by Gasteiger charge is -2.08. The number of carbonyl (C=O) groups is 1. The fourth-order valence-corrected chi connectivity index (χ4v) is 2.85. The average molecular weight is 361 g/mol. The molecule has 2 aromatic rings. The molecule has 0 aromatic heterocycles. The number of hydrogen-bond donors (Lipinski definition) is 2. The summed E-state index contributed by atoms with van der Waals surface area (Å²) in [4.78, 5) is 12.0. The Morgan fingerprint density at radius 1 is 1.08 bits per heavy atom. The van der Waals surface area contributed by atoms with E-state index in [9.17, 15) is 4.79 Å². The topological polar surface area (TPSA) is 50.4 Å². The summed E-state index contributed by atoms with van der Waals surface area (Å²) in [6.07, 6.45) is 0.940. The van der Waals surface area contributed by atoms with E-state index < -0.39 is 0 Å². The highest BCUT2D eigenvalue weighted by Gasteiger charge is 2.43. The van der Waals surface area contributed by atoms with Gasteiger partial charge < -0.3 is 15.4 Å². The zero-order chi connectivity index (χ0) is 16.8. The Balaban J connectivity index is 0.00000225. The molecule has 1 saturated carbocycles. The van der Waals surface area contributed by atoms with Crippen molar-refractivity contribution in [3.8, 4) is 5.75 Å². The Morgan fingerprint density at radius 3 is 2.48 bits per heavy atom. The Labute approximate surface area is 155 Å². The Bertz CT molecular complexity index is 661. The van der Waals surface area contributed by atoms with Crippen molar-refractivity contribution in [2.45, 2.75) is 18.9 Å². The van der Waals surface area contributed by atoms with Gasteiger partial charge in [0, 0.05) is 19.0 Å². The summed E-state index contributed by atoms with van der Waals surface area (Å²) in [5, 5.41) is 6.00. The van der Waals surface area contributed by atoms with Crippen LogP contribution in [0.5, 0.6) is 5.75 Å². The van der Waals surface area contributed by atoms with Crippen LogP contribution in [0.15, 0.2) is 54.6 Å². The number of likely N-dealkylation sites (N-methyl/N-ethyl adjacent to an activating group) is 1. The first-order valence-electron chi connectivity index (χ1n) is 8.47. The van der Waals surface area contributed by atoms with E-state index in [1.165, 1.54) is 5.56 Å². The molecule has 0 spiro atoms. The number of carbonyl (C=O) groups excluding carboxylic acids is 1. The van der Waals surface area contributed by atoms with E-state index in [0.717, 1.165) is 24.3 Å². The van der Waals surface area contributed by atoms with Crippen molar-refractivity contribution in [3.63, 3.8) is 0 Å². The monoisotopic (exact) mass is 360 g/mol. The second-order valence-electron chi connectivity index (χ2n) is 6.19. The molecule has 134 valence electrons. The third kappa shape index (κ3) is 5.48. The van der Waals surface area contributed by atoms with Crippen LogP contribution in [0.1, 0.15) is 23.5 Å². The molecule has 2 aromatic carbocycles. The van der Waals surface area contributed by atoms with Crippen LogP contribution in [0, 0.1) is 5.92 Å². The quantitative estimate of drug-likeness (QED) is 0.711. The van der Waals surface area contributed by atoms with Gasteiger partial charge in [0.1, 0.15) is 12.4 Å². The molecule has 25 heavy (non-hydrogen) atoms. The van der Waals surface area contributed by atoms with Crippen molar-refractivity contribution in [2.24, 2.45) is 5.92 Å². The lowest BCUT2D eigenvalue weighted by Crippen LogP contribution is -2.31. The van der Waals surface area contributed by atoms with Crippen LogP contribution in [0.2, 0.25) is 0 Å². The maximum absolute atomic E-state index is 12.0. The molecule has 5 heteroatoms. The fraction of sp³-hybridized carbons (Fsp3) is 0.350. The summed E-state index contributed by atoms with van der Waals surface area (Å²) in [6.45, 7) is 2.06. The van der Waals surface area contributed by atoms with E-state index in [0.29, 0.717) is 19.1 Å². The van der Waals surface area contributed by atoms with Gasteiger partial charge in [-0.15, -0.1) is 12.4 Å². The number of benzene rings is 2. The Morgan fingerprint density at radius 2 is 1.80 bits per heavy atom. The summed E-state index contributed by atoms with van der Waals surface area (Å²) in [6, 6.07) is 18.3. The van der Waals surface area contributed by atoms with Crippen molar-refractivity contribution in [1.82, 2.24) is 10.6 Å². The Kier molecular flexibility index (Phi) is 7.29. The molecule has 1 aliphatic carbocycles. The van der Waals surface area contributed by atoms with Crippen LogP contribution in [0.3, 0.4) is 0 Å². The molecule has 0 saturated heterocycles. The molecule has 4 nitrogen and oxygen atoms in total. The molecular weight excluding hydrogens is 336 g/mol. The van der Waals surface area contributed by atoms with Crippen molar-refractivity contribution in [1.29, 1.82) is 0 Å². The molecule has 0 radical (unpaired) electrons. The molecule has 2 atom stereocenters. The second kappa shape index (κ2) is 9.44.